The number of benzene rings is 1. The molecule has 84 valence electrons. The molecule has 0 bridgehead atoms. The van der Waals surface area contributed by atoms with Gasteiger partial charge in [-0.1, -0.05) is 12.1 Å². The number of nitrogens with zero attached hydrogens (tertiary/aromatic N) is 1. The molecule has 3 rings (SSSR count). The van der Waals surface area contributed by atoms with Crippen LogP contribution < -0.4 is 5.32 Å². The van der Waals surface area contributed by atoms with E-state index in [1.165, 1.54) is 23.8 Å². The molecule has 0 spiro atoms. The first-order valence-corrected chi connectivity index (χ1v) is 6.49. The third-order valence-corrected chi connectivity index (χ3v) is 3.83. The highest BCUT2D eigenvalue weighted by Crippen LogP contribution is 2.26. The maximum atomic E-state index is 4.26. The standard InChI is InChI=1S/C12H14BrN3/c13-12-11-8(7-9-4-2-6-14-9)3-1-5-10(11)15-16-12/h1,3,5,9,14H,2,4,6-7H2,(H,15,16). The summed E-state index contributed by atoms with van der Waals surface area (Å²) in [7, 11) is 0. The minimum atomic E-state index is 0.632. The van der Waals surface area contributed by atoms with Crippen LogP contribution in [0, 0.1) is 0 Å². The Labute approximate surface area is 103 Å². The van der Waals surface area contributed by atoms with Crippen LogP contribution in [0.15, 0.2) is 22.8 Å². The molecule has 2 N–H and O–H groups in total. The second kappa shape index (κ2) is 4.18. The third kappa shape index (κ3) is 1.76. The van der Waals surface area contributed by atoms with Crippen LogP contribution in [0.3, 0.4) is 0 Å². The fourth-order valence-electron chi connectivity index (χ4n) is 2.46. The van der Waals surface area contributed by atoms with Crippen molar-refractivity contribution in [3.05, 3.63) is 28.4 Å². The number of hydrogen-bond donors (Lipinski definition) is 2. The number of nitrogens with one attached hydrogen (secondary N) is 2. The molecule has 2 aromatic rings. The summed E-state index contributed by atoms with van der Waals surface area (Å²) in [6, 6.07) is 6.96. The van der Waals surface area contributed by atoms with Gasteiger partial charge in [0, 0.05) is 11.4 Å². The molecule has 1 aromatic heterocycles. The van der Waals surface area contributed by atoms with Gasteiger partial charge in [0.25, 0.3) is 0 Å². The van der Waals surface area contributed by atoms with Crippen molar-refractivity contribution >= 4 is 26.8 Å². The van der Waals surface area contributed by atoms with Crippen molar-refractivity contribution in [2.24, 2.45) is 0 Å². The first-order chi connectivity index (χ1) is 7.84. The van der Waals surface area contributed by atoms with Crippen molar-refractivity contribution in [2.75, 3.05) is 6.54 Å². The highest BCUT2D eigenvalue weighted by molar-refractivity contribution is 9.10. The molecular weight excluding hydrogens is 266 g/mol. The molecule has 1 saturated heterocycles. The molecule has 3 nitrogen and oxygen atoms in total. The SMILES string of the molecule is Brc1[nH]nc2cccc(CC3CCCN3)c12. The molecule has 0 saturated carbocycles. The van der Waals surface area contributed by atoms with Gasteiger partial charge < -0.3 is 5.32 Å². The van der Waals surface area contributed by atoms with Crippen LogP contribution in [-0.2, 0) is 6.42 Å². The molecule has 0 amide bonds. The molecule has 16 heavy (non-hydrogen) atoms. The van der Waals surface area contributed by atoms with E-state index in [9.17, 15) is 0 Å². The largest absolute Gasteiger partial charge is 0.314 e. The normalized spacial score (nSPS) is 20.7. The molecule has 4 heteroatoms. The predicted octanol–water partition coefficient (Wildman–Crippen LogP) is 2.62. The fraction of sp³-hybridized carbons (Fsp3) is 0.417. The van der Waals surface area contributed by atoms with Crippen molar-refractivity contribution in [1.82, 2.24) is 15.5 Å². The number of hydrogen-bond acceptors (Lipinski definition) is 2. The molecule has 1 fully saturated rings. The number of aromatic amines is 1. The minimum absolute atomic E-state index is 0.632. The molecule has 0 radical (unpaired) electrons. The lowest BCUT2D eigenvalue weighted by molar-refractivity contribution is 0.605. The summed E-state index contributed by atoms with van der Waals surface area (Å²) in [5.74, 6) is 0. The maximum Gasteiger partial charge on any atom is 0.109 e. The summed E-state index contributed by atoms with van der Waals surface area (Å²) in [4.78, 5) is 0. The van der Waals surface area contributed by atoms with Gasteiger partial charge in [-0.2, -0.15) is 5.10 Å². The molecule has 1 atom stereocenters. The van der Waals surface area contributed by atoms with Crippen molar-refractivity contribution in [3.63, 3.8) is 0 Å². The summed E-state index contributed by atoms with van der Waals surface area (Å²) in [6.07, 6.45) is 3.68. The fourth-order valence-corrected chi connectivity index (χ4v) is 3.01. The van der Waals surface area contributed by atoms with Crippen molar-refractivity contribution in [3.8, 4) is 0 Å². The Hall–Kier alpha value is -0.870. The third-order valence-electron chi connectivity index (χ3n) is 3.25. The molecular formula is C12H14BrN3. The summed E-state index contributed by atoms with van der Waals surface area (Å²) in [5, 5.41) is 12.0. The van der Waals surface area contributed by atoms with Crippen LogP contribution in [0.1, 0.15) is 18.4 Å². The lowest BCUT2D eigenvalue weighted by Crippen LogP contribution is -2.23. The second-order valence-corrected chi connectivity index (χ2v) is 5.14. The van der Waals surface area contributed by atoms with Gasteiger partial charge >= 0.3 is 0 Å². The Balaban J connectivity index is 1.98. The zero-order chi connectivity index (χ0) is 11.0. The molecule has 0 aliphatic carbocycles. The van der Waals surface area contributed by atoms with Gasteiger partial charge in [0.15, 0.2) is 0 Å². The van der Waals surface area contributed by atoms with Crippen LogP contribution >= 0.6 is 15.9 Å². The van der Waals surface area contributed by atoms with E-state index in [0.29, 0.717) is 6.04 Å². The van der Waals surface area contributed by atoms with Gasteiger partial charge in [-0.3, -0.25) is 5.10 Å². The topological polar surface area (TPSA) is 40.7 Å². The Bertz CT molecular complexity index is 500. The summed E-state index contributed by atoms with van der Waals surface area (Å²) in [6.45, 7) is 1.16. The van der Waals surface area contributed by atoms with Gasteiger partial charge in [-0.15, -0.1) is 0 Å². The predicted molar refractivity (Wildman–Crippen MR) is 68.5 cm³/mol. The molecule has 1 aliphatic rings. The van der Waals surface area contributed by atoms with Crippen LogP contribution in [0.25, 0.3) is 10.9 Å². The van der Waals surface area contributed by atoms with Gasteiger partial charge in [0.2, 0.25) is 0 Å². The van der Waals surface area contributed by atoms with Gasteiger partial charge in [0.1, 0.15) is 4.60 Å². The number of fused-ring (bicyclic) bond motifs is 1. The van der Waals surface area contributed by atoms with E-state index < -0.39 is 0 Å². The van der Waals surface area contributed by atoms with Crippen LogP contribution in [-0.4, -0.2) is 22.8 Å². The number of H-pyrrole nitrogens is 1. The Morgan fingerprint density at radius 1 is 1.44 bits per heavy atom. The molecule has 1 aliphatic heterocycles. The molecule has 1 aromatic carbocycles. The van der Waals surface area contributed by atoms with E-state index in [0.717, 1.165) is 23.1 Å². The van der Waals surface area contributed by atoms with Crippen LogP contribution in [0.5, 0.6) is 0 Å². The van der Waals surface area contributed by atoms with E-state index >= 15 is 0 Å². The van der Waals surface area contributed by atoms with E-state index in [4.69, 9.17) is 0 Å². The summed E-state index contributed by atoms with van der Waals surface area (Å²) in [5.41, 5.74) is 2.42. The van der Waals surface area contributed by atoms with Gasteiger partial charge in [0.05, 0.1) is 5.52 Å². The average molecular weight is 280 g/mol. The summed E-state index contributed by atoms with van der Waals surface area (Å²) >= 11 is 3.53. The minimum Gasteiger partial charge on any atom is -0.314 e. The van der Waals surface area contributed by atoms with E-state index in [2.05, 4.69) is 43.6 Å². The average Bonchev–Trinajstić information content (AvgIpc) is 2.90. The van der Waals surface area contributed by atoms with Crippen molar-refractivity contribution in [2.45, 2.75) is 25.3 Å². The number of rotatable bonds is 2. The lowest BCUT2D eigenvalue weighted by Gasteiger charge is -2.10. The lowest BCUT2D eigenvalue weighted by atomic mass is 10.0. The van der Waals surface area contributed by atoms with Gasteiger partial charge in [-0.25, -0.2) is 0 Å². The monoisotopic (exact) mass is 279 g/mol. The molecule has 1 unspecified atom stereocenters. The Morgan fingerprint density at radius 3 is 3.19 bits per heavy atom. The van der Waals surface area contributed by atoms with Crippen molar-refractivity contribution in [1.29, 1.82) is 0 Å². The zero-order valence-corrected chi connectivity index (χ0v) is 10.5. The van der Waals surface area contributed by atoms with E-state index in [-0.39, 0.29) is 0 Å². The van der Waals surface area contributed by atoms with Gasteiger partial charge in [-0.05, 0) is 53.4 Å². The van der Waals surface area contributed by atoms with E-state index in [1.807, 2.05) is 6.07 Å². The van der Waals surface area contributed by atoms with Crippen LogP contribution in [0.2, 0.25) is 0 Å². The highest BCUT2D eigenvalue weighted by Gasteiger charge is 2.17. The first kappa shape index (κ1) is 10.3. The maximum absolute atomic E-state index is 4.26. The zero-order valence-electron chi connectivity index (χ0n) is 8.96. The number of halogens is 1. The second-order valence-electron chi connectivity index (χ2n) is 4.35. The van der Waals surface area contributed by atoms with E-state index in [1.54, 1.807) is 0 Å². The Morgan fingerprint density at radius 2 is 2.38 bits per heavy atom. The smallest absolute Gasteiger partial charge is 0.109 e. The quantitative estimate of drug-likeness (QED) is 0.887. The summed E-state index contributed by atoms with van der Waals surface area (Å²) < 4.78 is 0.996. The Kier molecular flexibility index (Phi) is 2.69. The van der Waals surface area contributed by atoms with Crippen molar-refractivity contribution < 1.29 is 0 Å². The first-order valence-electron chi connectivity index (χ1n) is 5.69. The number of aromatic nitrogens is 2. The van der Waals surface area contributed by atoms with Crippen LogP contribution in [0.4, 0.5) is 0 Å². The molecule has 2 heterocycles. The highest BCUT2D eigenvalue weighted by atomic mass is 79.9.